The van der Waals surface area contributed by atoms with E-state index in [0.717, 1.165) is 17.9 Å². The molecule has 1 atom stereocenters. The molecule has 0 spiro atoms. The number of anilines is 2. The Bertz CT molecular complexity index is 1270. The maximum Gasteiger partial charge on any atom is 0.414 e. The summed E-state index contributed by atoms with van der Waals surface area (Å²) in [5.74, 6) is -10.1. The second-order valence-electron chi connectivity index (χ2n) is 7.67. The molecule has 1 heterocycles. The summed E-state index contributed by atoms with van der Waals surface area (Å²) in [5, 5.41) is 9.68. The van der Waals surface area contributed by atoms with E-state index in [1.165, 1.54) is 13.0 Å². The number of nitrogens with one attached hydrogen (secondary N) is 1. The summed E-state index contributed by atoms with van der Waals surface area (Å²) < 4.78 is 88.4. The van der Waals surface area contributed by atoms with Gasteiger partial charge in [-0.05, 0) is 32.4 Å². The number of carboxylic acids is 1. The van der Waals surface area contributed by atoms with Crippen molar-refractivity contribution in [1.29, 1.82) is 0 Å². The van der Waals surface area contributed by atoms with E-state index < -0.39 is 73.9 Å². The number of carbonyl (C=O) groups is 2. The lowest BCUT2D eigenvalue weighted by Gasteiger charge is -2.34. The van der Waals surface area contributed by atoms with Gasteiger partial charge in [0.2, 0.25) is 10.0 Å². The second kappa shape index (κ2) is 9.12. The van der Waals surface area contributed by atoms with Gasteiger partial charge >= 0.3 is 12.1 Å². The minimum absolute atomic E-state index is 0.0285. The molecule has 2 N–H and O–H groups in total. The molecule has 1 aliphatic rings. The zero-order valence-electron chi connectivity index (χ0n) is 18.2. The number of hydrogen-bond donors (Lipinski definition) is 2. The molecule has 34 heavy (non-hydrogen) atoms. The Labute approximate surface area is 192 Å². The summed E-state index contributed by atoms with van der Waals surface area (Å²) in [6.07, 6.45) is -1.24. The van der Waals surface area contributed by atoms with Gasteiger partial charge in [-0.15, -0.1) is 0 Å². The van der Waals surface area contributed by atoms with Gasteiger partial charge in [0.15, 0.2) is 23.3 Å². The first kappa shape index (κ1) is 25.3. The maximum atomic E-state index is 14.2. The number of carbonyl (C=O) groups excluding carboxylic acids is 1. The Kier molecular flexibility index (Phi) is 6.78. The van der Waals surface area contributed by atoms with Crippen LogP contribution in [0.3, 0.4) is 0 Å². The second-order valence-corrected chi connectivity index (χ2v) is 9.39. The minimum atomic E-state index is -4.68. The van der Waals surface area contributed by atoms with Gasteiger partial charge in [0, 0.05) is 28.9 Å². The third-order valence-electron chi connectivity index (χ3n) is 5.20. The highest BCUT2D eigenvalue weighted by Gasteiger charge is 2.35. The number of halogens is 4. The van der Waals surface area contributed by atoms with Crippen LogP contribution in [-0.4, -0.2) is 32.1 Å². The monoisotopic (exact) mass is 504 g/mol. The van der Waals surface area contributed by atoms with Crippen molar-refractivity contribution in [3.8, 4) is 0 Å². The molecule has 3 rings (SSSR count). The smallest absolute Gasteiger partial charge is 0.414 e. The number of ether oxygens (including phenoxy) is 1. The molecule has 0 aliphatic carbocycles. The molecule has 0 saturated heterocycles. The van der Waals surface area contributed by atoms with E-state index in [2.05, 4.69) is 0 Å². The molecule has 1 unspecified atom stereocenters. The Morgan fingerprint density at radius 1 is 1.15 bits per heavy atom. The third kappa shape index (κ3) is 4.52. The van der Waals surface area contributed by atoms with Crippen molar-refractivity contribution in [2.24, 2.45) is 0 Å². The molecule has 0 aromatic heterocycles. The normalized spacial score (nSPS) is 15.7. The summed E-state index contributed by atoms with van der Waals surface area (Å²) in [7, 11) is -4.68. The molecule has 1 amide bonds. The number of rotatable bonds is 7. The zero-order chi connectivity index (χ0) is 25.5. The van der Waals surface area contributed by atoms with Gasteiger partial charge in [-0.1, -0.05) is 6.92 Å². The first-order valence-electron chi connectivity index (χ1n) is 10.00. The van der Waals surface area contributed by atoms with Crippen LogP contribution < -0.4 is 9.62 Å². The number of hydrogen-bond acceptors (Lipinski definition) is 5. The molecule has 1 aliphatic heterocycles. The largest absolute Gasteiger partial charge is 0.478 e. The molecule has 0 bridgehead atoms. The Morgan fingerprint density at radius 3 is 2.26 bits per heavy atom. The molecule has 0 radical (unpaired) electrons. The lowest BCUT2D eigenvalue weighted by Crippen LogP contribution is -2.39. The summed E-state index contributed by atoms with van der Waals surface area (Å²) in [6.45, 7) is 4.13. The fourth-order valence-electron chi connectivity index (χ4n) is 3.61. The predicted molar refractivity (Wildman–Crippen MR) is 113 cm³/mol. The topological polar surface area (TPSA) is 113 Å². The quantitative estimate of drug-likeness (QED) is 0.420. The van der Waals surface area contributed by atoms with Gasteiger partial charge < -0.3 is 9.84 Å². The highest BCUT2D eigenvalue weighted by Crippen LogP contribution is 2.40. The molecular weight excluding hydrogens is 484 g/mol. The SMILES string of the molecule is CCCN1C(=O)OC(C)c2cc(NS(=O)(=O)Cc3c(F)c(F)c(C)c(F)c3F)cc(C(=O)O)c21. The van der Waals surface area contributed by atoms with Crippen LogP contribution in [0.2, 0.25) is 0 Å². The molecule has 0 fully saturated rings. The summed E-state index contributed by atoms with van der Waals surface area (Å²) in [5.41, 5.74) is -2.81. The van der Waals surface area contributed by atoms with E-state index in [0.29, 0.717) is 6.42 Å². The zero-order valence-corrected chi connectivity index (χ0v) is 19.0. The number of cyclic esters (lactones) is 1. The summed E-state index contributed by atoms with van der Waals surface area (Å²) in [6, 6.07) is 2.14. The van der Waals surface area contributed by atoms with Crippen molar-refractivity contribution in [3.05, 3.63) is 57.7 Å². The predicted octanol–water partition coefficient (Wildman–Crippen LogP) is 4.62. The number of amides is 1. The number of benzene rings is 2. The van der Waals surface area contributed by atoms with Crippen molar-refractivity contribution < 1.29 is 45.4 Å². The maximum absolute atomic E-state index is 14.2. The fraction of sp³-hybridized carbons (Fsp3) is 0.333. The molecule has 0 saturated carbocycles. The third-order valence-corrected chi connectivity index (χ3v) is 6.42. The van der Waals surface area contributed by atoms with Crippen molar-refractivity contribution >= 4 is 33.5 Å². The van der Waals surface area contributed by atoms with E-state index in [4.69, 9.17) is 4.74 Å². The molecule has 2 aromatic carbocycles. The highest BCUT2D eigenvalue weighted by atomic mass is 32.2. The average Bonchev–Trinajstić information content (AvgIpc) is 2.76. The van der Waals surface area contributed by atoms with Crippen LogP contribution in [0.15, 0.2) is 12.1 Å². The number of fused-ring (bicyclic) bond motifs is 1. The molecular formula is C21H20F4N2O6S. The number of carboxylic acid groups (broad SMARTS) is 1. The van der Waals surface area contributed by atoms with Crippen LogP contribution in [0.1, 0.15) is 53.4 Å². The van der Waals surface area contributed by atoms with Gasteiger partial charge in [0.25, 0.3) is 0 Å². The van der Waals surface area contributed by atoms with E-state index in [1.54, 1.807) is 6.92 Å². The standard InChI is InChI=1S/C21H20F4N2O6S/c1-4-5-27-19-12(10(3)33-21(27)30)6-11(7-13(19)20(28)29)26-34(31,32)8-14-17(24)15(22)9(2)16(23)18(14)25/h6-7,10,26H,4-5,8H2,1-3H3,(H,28,29). The summed E-state index contributed by atoms with van der Waals surface area (Å²) in [4.78, 5) is 25.3. The van der Waals surface area contributed by atoms with Crippen LogP contribution in [0.5, 0.6) is 0 Å². The highest BCUT2D eigenvalue weighted by molar-refractivity contribution is 7.91. The first-order valence-corrected chi connectivity index (χ1v) is 11.7. The van der Waals surface area contributed by atoms with Crippen molar-refractivity contribution in [2.45, 2.75) is 39.0 Å². The lowest BCUT2D eigenvalue weighted by molar-refractivity contribution is 0.0696. The Hall–Kier alpha value is -3.35. The van der Waals surface area contributed by atoms with E-state index >= 15 is 0 Å². The lowest BCUT2D eigenvalue weighted by atomic mass is 9.99. The van der Waals surface area contributed by atoms with Crippen LogP contribution in [0, 0.1) is 30.2 Å². The van der Waals surface area contributed by atoms with Gasteiger partial charge in [0.1, 0.15) is 11.9 Å². The van der Waals surface area contributed by atoms with Crippen molar-refractivity contribution in [2.75, 3.05) is 16.2 Å². The number of nitrogens with zero attached hydrogens (tertiary/aromatic N) is 1. The Balaban J connectivity index is 2.06. The van der Waals surface area contributed by atoms with Gasteiger partial charge in [-0.25, -0.2) is 35.6 Å². The first-order chi connectivity index (χ1) is 15.8. The average molecular weight is 504 g/mol. The number of aromatic carboxylic acids is 1. The number of sulfonamides is 1. The van der Waals surface area contributed by atoms with Gasteiger partial charge in [-0.3, -0.25) is 9.62 Å². The van der Waals surface area contributed by atoms with Crippen LogP contribution in [0.25, 0.3) is 0 Å². The van der Waals surface area contributed by atoms with Gasteiger partial charge in [-0.2, -0.15) is 0 Å². The van der Waals surface area contributed by atoms with E-state index in [-0.39, 0.29) is 23.5 Å². The molecule has 184 valence electrons. The van der Waals surface area contributed by atoms with E-state index in [9.17, 15) is 40.7 Å². The van der Waals surface area contributed by atoms with Crippen LogP contribution in [0.4, 0.5) is 33.7 Å². The molecule has 2 aromatic rings. The molecule has 13 heteroatoms. The van der Waals surface area contributed by atoms with Crippen LogP contribution >= 0.6 is 0 Å². The Morgan fingerprint density at radius 2 is 1.74 bits per heavy atom. The fourth-order valence-corrected chi connectivity index (χ4v) is 4.79. The van der Waals surface area contributed by atoms with Crippen molar-refractivity contribution in [3.63, 3.8) is 0 Å². The van der Waals surface area contributed by atoms with Crippen LogP contribution in [-0.2, 0) is 20.5 Å². The minimum Gasteiger partial charge on any atom is -0.478 e. The van der Waals surface area contributed by atoms with Gasteiger partial charge in [0.05, 0.1) is 11.3 Å². The van der Waals surface area contributed by atoms with Crippen molar-refractivity contribution in [1.82, 2.24) is 0 Å². The summed E-state index contributed by atoms with van der Waals surface area (Å²) >= 11 is 0. The molecule has 8 nitrogen and oxygen atoms in total. The van der Waals surface area contributed by atoms with E-state index in [1.807, 2.05) is 4.72 Å².